The average Bonchev–Trinajstić information content (AvgIpc) is 3.72. The molecule has 1 fully saturated rings. The fraction of sp³-hybridized carbons (Fsp3) is 0.226. The lowest BCUT2D eigenvalue weighted by atomic mass is 9.98. The number of likely N-dealkylation sites (tertiary alicyclic amines) is 1. The van der Waals surface area contributed by atoms with Gasteiger partial charge in [-0.3, -0.25) is 9.59 Å². The van der Waals surface area contributed by atoms with Crippen LogP contribution in [0.5, 0.6) is 0 Å². The number of carboxylic acid groups (broad SMARTS) is 1. The van der Waals surface area contributed by atoms with Gasteiger partial charge in [-0.2, -0.15) is 4.68 Å². The topological polar surface area (TPSA) is 142 Å². The first kappa shape index (κ1) is 29.5. The molecular formula is C31H30ClN7O4. The van der Waals surface area contributed by atoms with Crippen molar-refractivity contribution in [2.75, 3.05) is 25.0 Å². The second kappa shape index (κ2) is 13.8. The number of aromatic nitrogens is 4. The van der Waals surface area contributed by atoms with E-state index in [0.29, 0.717) is 47.9 Å². The van der Waals surface area contributed by atoms with Gasteiger partial charge >= 0.3 is 5.97 Å². The van der Waals surface area contributed by atoms with Crippen molar-refractivity contribution in [1.29, 1.82) is 0 Å². The van der Waals surface area contributed by atoms with E-state index < -0.39 is 5.97 Å². The molecule has 2 atom stereocenters. The van der Waals surface area contributed by atoms with Gasteiger partial charge in [-0.05, 0) is 89.9 Å². The summed E-state index contributed by atoms with van der Waals surface area (Å²) < 4.78 is 1.48. The standard InChI is InChI=1S/C31H30ClN7O4/c32-25-9-12-28(39-20-34-36-37-39)24(17-25)8-13-29(40)35-27(18-33-26-10-6-23(7-11-26)31(42)43)16-21-14-15-38(19-21)30(41)22-4-2-1-3-5-22/h1-13,17,20-21,27,33H,14-16,18-19H2,(H,35,40)(H,42,43)/b13-8+/t21?,27-/m1/s1. The van der Waals surface area contributed by atoms with E-state index in [-0.39, 0.29) is 29.3 Å². The summed E-state index contributed by atoms with van der Waals surface area (Å²) >= 11 is 6.21. The Kier molecular flexibility index (Phi) is 9.42. The van der Waals surface area contributed by atoms with Crippen LogP contribution in [-0.4, -0.2) is 73.7 Å². The minimum Gasteiger partial charge on any atom is -0.478 e. The molecule has 12 heteroatoms. The Hall–Kier alpha value is -5.03. The van der Waals surface area contributed by atoms with Crippen LogP contribution in [0.3, 0.4) is 0 Å². The van der Waals surface area contributed by atoms with Crippen molar-refractivity contribution in [3.05, 3.63) is 107 Å². The van der Waals surface area contributed by atoms with E-state index in [1.807, 2.05) is 35.2 Å². The number of amides is 2. The SMILES string of the molecule is O=C(/C=C/c1cc(Cl)ccc1-n1cnnn1)N[C@@H](CNc1ccc(C(=O)O)cc1)CC1CCN(C(=O)c2ccccc2)C1. The highest BCUT2D eigenvalue weighted by Crippen LogP contribution is 2.24. The molecule has 1 aliphatic heterocycles. The number of nitrogens with zero attached hydrogens (tertiary/aromatic N) is 5. The largest absolute Gasteiger partial charge is 0.478 e. The molecule has 220 valence electrons. The number of carbonyl (C=O) groups is 3. The van der Waals surface area contributed by atoms with E-state index in [1.54, 1.807) is 36.4 Å². The van der Waals surface area contributed by atoms with Gasteiger partial charge in [0.15, 0.2) is 0 Å². The van der Waals surface area contributed by atoms with E-state index in [9.17, 15) is 19.5 Å². The summed E-state index contributed by atoms with van der Waals surface area (Å²) in [7, 11) is 0. The smallest absolute Gasteiger partial charge is 0.335 e. The monoisotopic (exact) mass is 599 g/mol. The number of nitrogens with one attached hydrogen (secondary N) is 2. The number of rotatable bonds is 11. The molecule has 1 aromatic heterocycles. The summed E-state index contributed by atoms with van der Waals surface area (Å²) in [5, 5.41) is 27.4. The summed E-state index contributed by atoms with van der Waals surface area (Å²) in [5.41, 5.74) is 2.91. The lowest BCUT2D eigenvalue weighted by molar-refractivity contribution is -0.117. The van der Waals surface area contributed by atoms with Crippen LogP contribution in [0.2, 0.25) is 5.02 Å². The van der Waals surface area contributed by atoms with Crippen LogP contribution in [0, 0.1) is 5.92 Å². The average molecular weight is 600 g/mol. The number of halogens is 1. The van der Waals surface area contributed by atoms with Crippen LogP contribution in [0.25, 0.3) is 11.8 Å². The van der Waals surface area contributed by atoms with Crippen LogP contribution in [-0.2, 0) is 4.79 Å². The molecular weight excluding hydrogens is 570 g/mol. The number of carbonyl (C=O) groups excluding carboxylic acids is 2. The molecule has 0 saturated carbocycles. The van der Waals surface area contributed by atoms with Gasteiger partial charge in [0, 0.05) is 53.6 Å². The van der Waals surface area contributed by atoms with Crippen molar-refractivity contribution in [2.45, 2.75) is 18.9 Å². The minimum absolute atomic E-state index is 0.00294. The van der Waals surface area contributed by atoms with E-state index in [2.05, 4.69) is 26.2 Å². The highest BCUT2D eigenvalue weighted by molar-refractivity contribution is 6.30. The van der Waals surface area contributed by atoms with Crippen molar-refractivity contribution < 1.29 is 19.5 Å². The molecule has 43 heavy (non-hydrogen) atoms. The number of hydrogen-bond donors (Lipinski definition) is 3. The maximum Gasteiger partial charge on any atom is 0.335 e. The quantitative estimate of drug-likeness (QED) is 0.218. The van der Waals surface area contributed by atoms with Gasteiger partial charge in [-0.25, -0.2) is 4.79 Å². The first-order chi connectivity index (χ1) is 20.9. The minimum atomic E-state index is -0.998. The highest BCUT2D eigenvalue weighted by Gasteiger charge is 2.29. The Labute approximate surface area is 253 Å². The molecule has 2 amide bonds. The first-order valence-corrected chi connectivity index (χ1v) is 14.2. The number of benzene rings is 3. The zero-order valence-corrected chi connectivity index (χ0v) is 23.9. The van der Waals surface area contributed by atoms with Crippen LogP contribution in [0.1, 0.15) is 39.1 Å². The molecule has 1 unspecified atom stereocenters. The molecule has 4 aromatic rings. The van der Waals surface area contributed by atoms with Gasteiger partial charge < -0.3 is 20.6 Å². The Morgan fingerprint density at radius 2 is 1.84 bits per heavy atom. The Balaban J connectivity index is 1.27. The number of tetrazole rings is 1. The van der Waals surface area contributed by atoms with Crippen LogP contribution < -0.4 is 10.6 Å². The second-order valence-corrected chi connectivity index (χ2v) is 10.7. The summed E-state index contributed by atoms with van der Waals surface area (Å²) in [4.78, 5) is 39.2. The summed E-state index contributed by atoms with van der Waals surface area (Å²) in [6.45, 7) is 1.65. The molecule has 3 aromatic carbocycles. The molecule has 3 N–H and O–H groups in total. The summed E-state index contributed by atoms with van der Waals surface area (Å²) in [6, 6.07) is 20.6. The van der Waals surface area contributed by atoms with Gasteiger partial charge in [-0.15, -0.1) is 5.10 Å². The molecule has 1 aliphatic rings. The maximum absolute atomic E-state index is 13.1. The molecule has 11 nitrogen and oxygen atoms in total. The van der Waals surface area contributed by atoms with Crippen molar-refractivity contribution in [3.63, 3.8) is 0 Å². The van der Waals surface area contributed by atoms with E-state index in [4.69, 9.17) is 11.6 Å². The van der Waals surface area contributed by atoms with Crippen molar-refractivity contribution >= 4 is 41.1 Å². The van der Waals surface area contributed by atoms with E-state index >= 15 is 0 Å². The molecule has 1 saturated heterocycles. The maximum atomic E-state index is 13.1. The van der Waals surface area contributed by atoms with Crippen molar-refractivity contribution in [3.8, 4) is 5.69 Å². The van der Waals surface area contributed by atoms with Crippen LogP contribution in [0.4, 0.5) is 5.69 Å². The van der Waals surface area contributed by atoms with Crippen LogP contribution in [0.15, 0.2) is 85.2 Å². The summed E-state index contributed by atoms with van der Waals surface area (Å²) in [5.74, 6) is -1.10. The lowest BCUT2D eigenvalue weighted by Crippen LogP contribution is -2.40. The van der Waals surface area contributed by atoms with Gasteiger partial charge in [0.05, 0.1) is 11.3 Å². The summed E-state index contributed by atoms with van der Waals surface area (Å²) in [6.07, 6.45) is 6.02. The normalized spacial score (nSPS) is 15.4. The third kappa shape index (κ3) is 7.83. The molecule has 0 radical (unpaired) electrons. The molecule has 5 rings (SSSR count). The zero-order chi connectivity index (χ0) is 30.2. The predicted molar refractivity (Wildman–Crippen MR) is 162 cm³/mol. The number of hydrogen-bond acceptors (Lipinski definition) is 7. The first-order valence-electron chi connectivity index (χ1n) is 13.8. The van der Waals surface area contributed by atoms with Crippen molar-refractivity contribution in [1.82, 2.24) is 30.4 Å². The number of aromatic carboxylic acids is 1. The predicted octanol–water partition coefficient (Wildman–Crippen LogP) is 4.18. The van der Waals surface area contributed by atoms with Gasteiger partial charge in [-0.1, -0.05) is 29.8 Å². The van der Waals surface area contributed by atoms with Gasteiger partial charge in [0.2, 0.25) is 5.91 Å². The Morgan fingerprint density at radius 3 is 2.56 bits per heavy atom. The molecule has 0 aliphatic carbocycles. The number of carboxylic acids is 1. The zero-order valence-electron chi connectivity index (χ0n) is 23.1. The Bertz CT molecular complexity index is 1590. The Morgan fingerprint density at radius 1 is 1.05 bits per heavy atom. The number of anilines is 1. The molecule has 0 bridgehead atoms. The van der Waals surface area contributed by atoms with E-state index in [0.717, 1.165) is 12.1 Å². The van der Waals surface area contributed by atoms with Crippen LogP contribution >= 0.6 is 11.6 Å². The fourth-order valence-corrected chi connectivity index (χ4v) is 5.27. The fourth-order valence-electron chi connectivity index (χ4n) is 5.09. The highest BCUT2D eigenvalue weighted by atomic mass is 35.5. The van der Waals surface area contributed by atoms with Gasteiger partial charge in [0.25, 0.3) is 5.91 Å². The van der Waals surface area contributed by atoms with Gasteiger partial charge in [0.1, 0.15) is 6.33 Å². The second-order valence-electron chi connectivity index (χ2n) is 10.3. The molecule has 2 heterocycles. The third-order valence-electron chi connectivity index (χ3n) is 7.24. The van der Waals surface area contributed by atoms with Crippen molar-refractivity contribution in [2.24, 2.45) is 5.92 Å². The molecule has 0 spiro atoms. The third-order valence-corrected chi connectivity index (χ3v) is 7.48. The van der Waals surface area contributed by atoms with E-state index in [1.165, 1.54) is 29.2 Å². The lowest BCUT2D eigenvalue weighted by Gasteiger charge is -2.23.